The van der Waals surface area contributed by atoms with Gasteiger partial charge in [0.2, 0.25) is 0 Å². The summed E-state index contributed by atoms with van der Waals surface area (Å²) in [6.45, 7) is 13.5. The molecule has 0 aliphatic heterocycles. The van der Waals surface area contributed by atoms with Crippen molar-refractivity contribution in [1.29, 1.82) is 0 Å². The molecule has 0 aromatic carbocycles. The third-order valence-corrected chi connectivity index (χ3v) is 11.2. The van der Waals surface area contributed by atoms with E-state index < -0.39 is 51.9 Å². The van der Waals surface area contributed by atoms with Gasteiger partial charge in [0.25, 0.3) is 0 Å². The first-order chi connectivity index (χ1) is 16.9. The normalized spacial score (nSPS) is 42.3. The van der Waals surface area contributed by atoms with E-state index in [1.807, 2.05) is 34.6 Å². The highest BCUT2D eigenvalue weighted by molar-refractivity contribution is 6.00. The number of aliphatic hydroxyl groups excluding tert-OH is 3. The van der Waals surface area contributed by atoms with Crippen LogP contribution in [-0.2, 0) is 14.4 Å². The lowest BCUT2D eigenvalue weighted by Gasteiger charge is -2.62. The summed E-state index contributed by atoms with van der Waals surface area (Å²) in [6, 6.07) is 0. The van der Waals surface area contributed by atoms with Crippen molar-refractivity contribution in [2.45, 2.75) is 105 Å². The lowest BCUT2D eigenvalue weighted by Crippen LogP contribution is -2.61. The largest absolute Gasteiger partial charge is 0.481 e. The lowest BCUT2D eigenvalue weighted by molar-refractivity contribution is -0.143. The predicted molar refractivity (Wildman–Crippen MR) is 138 cm³/mol. The Morgan fingerprint density at radius 1 is 1.05 bits per heavy atom. The van der Waals surface area contributed by atoms with Crippen molar-refractivity contribution in [2.24, 2.45) is 39.4 Å². The Balaban J connectivity index is 1.75. The predicted octanol–water partition coefficient (Wildman–Crippen LogP) is 3.84. The molecule has 0 saturated heterocycles. The molecule has 4 aliphatic rings. The molecule has 4 N–H and O–H groups in total. The second kappa shape index (κ2) is 8.85. The van der Waals surface area contributed by atoms with Crippen LogP contribution in [0.3, 0.4) is 0 Å². The van der Waals surface area contributed by atoms with Crippen LogP contribution < -0.4 is 0 Å². The quantitative estimate of drug-likeness (QED) is 0.394. The fourth-order valence-corrected chi connectivity index (χ4v) is 8.76. The number of hydrogen-bond acceptors (Lipinski definition) is 6. The number of fused-ring (bicyclic) bond motifs is 4. The van der Waals surface area contributed by atoms with Crippen molar-refractivity contribution >= 4 is 17.5 Å². The van der Waals surface area contributed by atoms with Gasteiger partial charge in [-0.15, -0.1) is 0 Å². The number of carbonyl (C=O) groups is 3. The summed E-state index contributed by atoms with van der Waals surface area (Å²) in [5, 5.41) is 43.1. The number of carboxylic acids is 1. The number of aliphatic carboxylic acids is 1. The molecule has 0 bridgehead atoms. The number of hydrogen-bond donors (Lipinski definition) is 4. The Morgan fingerprint density at radius 3 is 2.27 bits per heavy atom. The van der Waals surface area contributed by atoms with Crippen LogP contribution in [0.5, 0.6) is 0 Å². The van der Waals surface area contributed by atoms with Gasteiger partial charge in [0.1, 0.15) is 5.78 Å². The molecule has 4 aliphatic carbocycles. The number of rotatable bonds is 6. The molecule has 1 fully saturated rings. The smallest absolute Gasteiger partial charge is 0.306 e. The molecular formula is C30H44O7. The van der Waals surface area contributed by atoms with Crippen LogP contribution in [0.25, 0.3) is 0 Å². The Morgan fingerprint density at radius 2 is 1.68 bits per heavy atom. The molecule has 7 nitrogen and oxygen atoms in total. The van der Waals surface area contributed by atoms with Gasteiger partial charge < -0.3 is 20.4 Å². The fourth-order valence-electron chi connectivity index (χ4n) is 8.76. The van der Waals surface area contributed by atoms with Crippen molar-refractivity contribution in [3.05, 3.63) is 22.8 Å². The van der Waals surface area contributed by atoms with E-state index in [1.54, 1.807) is 6.08 Å². The topological polar surface area (TPSA) is 132 Å². The highest BCUT2D eigenvalue weighted by Gasteiger charge is 2.67. The van der Waals surface area contributed by atoms with Crippen LogP contribution in [0, 0.1) is 39.4 Å². The van der Waals surface area contributed by atoms with Crippen LogP contribution in [0.1, 0.15) is 87.0 Å². The number of carboxylic acid groups (broad SMARTS) is 1. The molecule has 0 aromatic rings. The molecule has 9 atom stereocenters. The minimum absolute atomic E-state index is 0.0218. The first kappa shape index (κ1) is 28.2. The summed E-state index contributed by atoms with van der Waals surface area (Å²) >= 11 is 0. The van der Waals surface area contributed by atoms with Gasteiger partial charge in [-0.05, 0) is 47.5 Å². The average molecular weight is 517 g/mol. The molecule has 0 amide bonds. The van der Waals surface area contributed by atoms with Gasteiger partial charge in [-0.3, -0.25) is 14.4 Å². The van der Waals surface area contributed by atoms with Crippen LogP contribution in [0.4, 0.5) is 0 Å². The zero-order chi connectivity index (χ0) is 27.9. The van der Waals surface area contributed by atoms with E-state index in [0.29, 0.717) is 30.4 Å². The van der Waals surface area contributed by atoms with Gasteiger partial charge in [-0.2, -0.15) is 0 Å². The van der Waals surface area contributed by atoms with Gasteiger partial charge in [0, 0.05) is 35.7 Å². The molecule has 206 valence electrons. The maximum Gasteiger partial charge on any atom is 0.306 e. The number of ketones is 2. The molecule has 0 spiro atoms. The summed E-state index contributed by atoms with van der Waals surface area (Å²) in [5.74, 6) is -2.31. The molecule has 0 aromatic heterocycles. The van der Waals surface area contributed by atoms with Crippen molar-refractivity contribution < 1.29 is 34.8 Å². The van der Waals surface area contributed by atoms with E-state index >= 15 is 0 Å². The van der Waals surface area contributed by atoms with Crippen LogP contribution >= 0.6 is 0 Å². The van der Waals surface area contributed by atoms with E-state index in [4.69, 9.17) is 0 Å². The maximum absolute atomic E-state index is 14.1. The Bertz CT molecular complexity index is 1090. The third-order valence-electron chi connectivity index (χ3n) is 11.2. The van der Waals surface area contributed by atoms with Crippen LogP contribution in [0.15, 0.2) is 22.8 Å². The average Bonchev–Trinajstić information content (AvgIpc) is 2.99. The van der Waals surface area contributed by atoms with E-state index in [9.17, 15) is 34.8 Å². The monoisotopic (exact) mass is 516 g/mol. The summed E-state index contributed by atoms with van der Waals surface area (Å²) in [6.07, 6.45) is 1.32. The number of carbonyl (C=O) groups excluding carboxylic acids is 2. The highest BCUT2D eigenvalue weighted by Crippen LogP contribution is 2.70. The highest BCUT2D eigenvalue weighted by atomic mass is 16.4. The number of aliphatic hydroxyl groups is 3. The van der Waals surface area contributed by atoms with Crippen molar-refractivity contribution in [3.63, 3.8) is 0 Å². The second-order valence-corrected chi connectivity index (χ2v) is 13.7. The molecule has 0 heterocycles. The standard InChI is InChI=1S/C30H44O7/c1-15(10-17(31)11-16(2)26(36)37)18-12-23(35)30(7)25-19(32)13-21-27(3,4)22(34)8-9-28(21,5)24(25)20(33)14-29(18,30)6/h12,15-16,19,21-23,32,34-35H,8-11,13-14H2,1-7H3,(H,36,37)/t15-,16+,19+,21+,22+,23-,28+,29-,30+/m1/s1. The van der Waals surface area contributed by atoms with Crippen LogP contribution in [0.2, 0.25) is 0 Å². The van der Waals surface area contributed by atoms with E-state index in [-0.39, 0.29) is 42.7 Å². The Kier molecular flexibility index (Phi) is 6.74. The van der Waals surface area contributed by atoms with Gasteiger partial charge >= 0.3 is 5.97 Å². The number of allylic oxidation sites excluding steroid dienone is 2. The van der Waals surface area contributed by atoms with Crippen molar-refractivity contribution in [3.8, 4) is 0 Å². The van der Waals surface area contributed by atoms with Crippen molar-refractivity contribution in [2.75, 3.05) is 0 Å². The van der Waals surface area contributed by atoms with Gasteiger partial charge in [-0.1, -0.05) is 60.1 Å². The first-order valence-electron chi connectivity index (χ1n) is 13.7. The second-order valence-electron chi connectivity index (χ2n) is 13.7. The minimum Gasteiger partial charge on any atom is -0.481 e. The van der Waals surface area contributed by atoms with Crippen molar-refractivity contribution in [1.82, 2.24) is 0 Å². The van der Waals surface area contributed by atoms with Gasteiger partial charge in [0.15, 0.2) is 5.78 Å². The molecule has 0 unspecified atom stereocenters. The molecule has 1 saturated carbocycles. The molecule has 7 heteroatoms. The Labute approximate surface area is 220 Å². The van der Waals surface area contributed by atoms with E-state index in [2.05, 4.69) is 6.92 Å². The summed E-state index contributed by atoms with van der Waals surface area (Å²) in [7, 11) is 0. The summed E-state index contributed by atoms with van der Waals surface area (Å²) < 4.78 is 0. The van der Waals surface area contributed by atoms with E-state index in [0.717, 1.165) is 5.57 Å². The first-order valence-corrected chi connectivity index (χ1v) is 13.7. The SMILES string of the molecule is C[C@H](CC(=O)C[C@H](C)C(=O)O)C1=C[C@@H](O)[C@@]2(C)C3=C(C(=O)C[C@]12C)[C@@]1(C)CC[C@H](O)C(C)(C)[C@@H]1C[C@@H]3O. The molecule has 0 radical (unpaired) electrons. The third kappa shape index (κ3) is 3.82. The zero-order valence-electron chi connectivity index (χ0n) is 23.3. The Hall–Kier alpha value is -1.83. The fraction of sp³-hybridized carbons (Fsp3) is 0.767. The molecule has 37 heavy (non-hydrogen) atoms. The minimum atomic E-state index is -1.01. The number of Topliss-reactive ketones (excluding diaryl/α,β-unsaturated/α-hetero) is 2. The zero-order valence-corrected chi connectivity index (χ0v) is 23.3. The summed E-state index contributed by atoms with van der Waals surface area (Å²) in [4.78, 5) is 38.0. The summed E-state index contributed by atoms with van der Waals surface area (Å²) in [5.41, 5.74) is -0.557. The van der Waals surface area contributed by atoms with Crippen LogP contribution in [-0.4, -0.2) is 56.3 Å². The lowest BCUT2D eigenvalue weighted by atomic mass is 9.42. The van der Waals surface area contributed by atoms with Gasteiger partial charge in [0.05, 0.1) is 24.2 Å². The molecular weight excluding hydrogens is 472 g/mol. The van der Waals surface area contributed by atoms with E-state index in [1.165, 1.54) is 6.92 Å². The maximum atomic E-state index is 14.1. The van der Waals surface area contributed by atoms with Gasteiger partial charge in [-0.25, -0.2) is 0 Å². The molecule has 4 rings (SSSR count).